The van der Waals surface area contributed by atoms with E-state index in [0.29, 0.717) is 5.56 Å². The van der Waals surface area contributed by atoms with E-state index in [1.807, 2.05) is 0 Å². The van der Waals surface area contributed by atoms with E-state index in [-0.39, 0.29) is 10.7 Å². The van der Waals surface area contributed by atoms with E-state index in [4.69, 9.17) is 0 Å². The van der Waals surface area contributed by atoms with E-state index in [1.165, 1.54) is 12.1 Å². The highest BCUT2D eigenvalue weighted by atomic mass is 19.4. The van der Waals surface area contributed by atoms with Crippen LogP contribution in [0.15, 0.2) is 24.3 Å². The summed E-state index contributed by atoms with van der Waals surface area (Å²) in [5.74, 6) is -0.541. The summed E-state index contributed by atoms with van der Waals surface area (Å²) < 4.78 is 119. The molecule has 0 spiro atoms. The Morgan fingerprint density at radius 3 is 1.44 bits per heavy atom. The van der Waals surface area contributed by atoms with Gasteiger partial charge in [0.05, 0.1) is 0 Å². The van der Waals surface area contributed by atoms with Crippen LogP contribution < -0.4 is 10.1 Å². The Balaban J connectivity index is 3.19. The van der Waals surface area contributed by atoms with Gasteiger partial charge < -0.3 is 4.74 Å². The second kappa shape index (κ2) is 6.79. The number of ether oxygens (including phenoxy) is 1. The number of hydrogen-bond donors (Lipinski definition) is 1. The van der Waals surface area contributed by atoms with E-state index in [1.54, 1.807) is 20.8 Å². The molecule has 1 amide bonds. The molecule has 0 radical (unpaired) electrons. The van der Waals surface area contributed by atoms with E-state index in [9.17, 15) is 44.3 Å². The molecule has 27 heavy (non-hydrogen) atoms. The maximum absolute atomic E-state index is 12.7. The fourth-order valence-corrected chi connectivity index (χ4v) is 2.00. The molecule has 0 heterocycles. The average Bonchev–Trinajstić information content (AvgIpc) is 2.40. The first-order valence-electron chi connectivity index (χ1n) is 7.13. The van der Waals surface area contributed by atoms with E-state index in [2.05, 4.69) is 4.74 Å². The van der Waals surface area contributed by atoms with Crippen LogP contribution in [0.2, 0.25) is 0 Å². The zero-order valence-corrected chi connectivity index (χ0v) is 14.0. The van der Waals surface area contributed by atoms with Crippen LogP contribution in [0.25, 0.3) is 0 Å². The molecule has 3 nitrogen and oxygen atoms in total. The van der Waals surface area contributed by atoms with Crippen molar-refractivity contribution in [1.29, 1.82) is 0 Å². The van der Waals surface area contributed by atoms with Crippen molar-refractivity contribution in [1.82, 2.24) is 5.32 Å². The molecule has 0 unspecified atom stereocenters. The van der Waals surface area contributed by atoms with Gasteiger partial charge in [-0.3, -0.25) is 5.32 Å². The minimum absolute atomic E-state index is 0.0924. The molecule has 0 aliphatic carbocycles. The normalized spacial score (nSPS) is 14.1. The number of hydrogen-bond acceptors (Lipinski definition) is 2. The number of amides is 1. The van der Waals surface area contributed by atoms with E-state index in [0.717, 1.165) is 12.1 Å². The monoisotopic (exact) mass is 411 g/mol. The van der Waals surface area contributed by atoms with Gasteiger partial charge in [-0.1, -0.05) is 32.9 Å². The van der Waals surface area contributed by atoms with E-state index < -0.39 is 35.9 Å². The highest BCUT2D eigenvalue weighted by Gasteiger charge is 2.85. The van der Waals surface area contributed by atoms with Gasteiger partial charge in [-0.2, -0.15) is 39.5 Å². The molecular formula is C15H14F9NO2. The van der Waals surface area contributed by atoms with Crippen molar-refractivity contribution in [2.75, 3.05) is 0 Å². The molecule has 0 bridgehead atoms. The number of halogens is 9. The Kier molecular flexibility index (Phi) is 5.76. The quantitative estimate of drug-likeness (QED) is 0.653. The number of benzene rings is 1. The fourth-order valence-electron chi connectivity index (χ4n) is 2.00. The minimum atomic E-state index is -6.92. The Morgan fingerprint density at radius 2 is 1.15 bits per heavy atom. The zero-order chi connectivity index (χ0) is 21.5. The van der Waals surface area contributed by atoms with E-state index >= 15 is 0 Å². The van der Waals surface area contributed by atoms with Gasteiger partial charge in [0.1, 0.15) is 5.75 Å². The van der Waals surface area contributed by atoms with Gasteiger partial charge >= 0.3 is 30.2 Å². The van der Waals surface area contributed by atoms with Crippen LogP contribution in [0.5, 0.6) is 5.75 Å². The Morgan fingerprint density at radius 1 is 0.778 bits per heavy atom. The van der Waals surface area contributed by atoms with Crippen molar-refractivity contribution < 1.29 is 49.0 Å². The molecule has 0 saturated carbocycles. The van der Waals surface area contributed by atoms with Crippen LogP contribution in [0.4, 0.5) is 44.3 Å². The van der Waals surface area contributed by atoms with Crippen molar-refractivity contribution in [2.45, 2.75) is 50.3 Å². The number of carbonyl (C=O) groups excluding carboxylic acids is 1. The van der Waals surface area contributed by atoms with Crippen LogP contribution in [0.1, 0.15) is 26.3 Å². The van der Waals surface area contributed by atoms with Crippen LogP contribution in [-0.2, 0) is 5.41 Å². The van der Waals surface area contributed by atoms with Crippen molar-refractivity contribution in [3.05, 3.63) is 29.8 Å². The molecule has 1 N–H and O–H groups in total. The Labute approximate surface area is 147 Å². The highest BCUT2D eigenvalue weighted by molar-refractivity contribution is 5.72. The third kappa shape index (κ3) is 4.59. The van der Waals surface area contributed by atoms with Crippen molar-refractivity contribution >= 4 is 6.09 Å². The summed E-state index contributed by atoms with van der Waals surface area (Å²) in [5, 5.41) is -0.0924. The standard InChI is InChI=1S/C15H14F9NO2/c1-11(2,3)8-4-6-9(7-5-8)27-10(26)25-12(13(16,17)18,14(19,20)21)15(22,23)24/h4-7H,1-3H3,(H,25,26). The number of carbonyl (C=O) groups is 1. The van der Waals surface area contributed by atoms with Crippen molar-refractivity contribution in [3.63, 3.8) is 0 Å². The molecule has 0 saturated heterocycles. The first kappa shape index (κ1) is 22.9. The molecule has 12 heteroatoms. The predicted octanol–water partition coefficient (Wildman–Crippen LogP) is 5.50. The summed E-state index contributed by atoms with van der Waals surface area (Å²) in [4.78, 5) is 11.4. The van der Waals surface area contributed by atoms with Crippen molar-refractivity contribution in [3.8, 4) is 5.75 Å². The SMILES string of the molecule is CC(C)(C)c1ccc(OC(=O)NC(C(F)(F)F)(C(F)(F)F)C(F)(F)F)cc1. The molecule has 0 atom stereocenters. The third-order valence-corrected chi connectivity index (χ3v) is 3.50. The topological polar surface area (TPSA) is 38.3 Å². The van der Waals surface area contributed by atoms with Gasteiger partial charge in [0, 0.05) is 0 Å². The van der Waals surface area contributed by atoms with Gasteiger partial charge in [0.2, 0.25) is 0 Å². The number of nitrogens with one attached hydrogen (secondary N) is 1. The maximum atomic E-state index is 12.7. The molecule has 0 aliphatic heterocycles. The van der Waals surface area contributed by atoms with Crippen LogP contribution >= 0.6 is 0 Å². The second-order valence-corrected chi connectivity index (χ2v) is 6.53. The van der Waals surface area contributed by atoms with Crippen LogP contribution in [0.3, 0.4) is 0 Å². The van der Waals surface area contributed by atoms with Crippen LogP contribution in [-0.4, -0.2) is 30.2 Å². The lowest BCUT2D eigenvalue weighted by Gasteiger charge is -2.38. The summed E-state index contributed by atoms with van der Waals surface area (Å²) in [6.45, 7) is 5.37. The number of rotatable bonds is 2. The third-order valence-electron chi connectivity index (χ3n) is 3.50. The summed E-state index contributed by atoms with van der Waals surface area (Å²) in [7, 11) is 0. The molecule has 1 aromatic carbocycles. The fraction of sp³-hybridized carbons (Fsp3) is 0.533. The molecule has 1 rings (SSSR count). The van der Waals surface area contributed by atoms with Crippen molar-refractivity contribution in [2.24, 2.45) is 0 Å². The first-order valence-corrected chi connectivity index (χ1v) is 7.13. The summed E-state index contributed by atoms with van der Waals surface area (Å²) >= 11 is 0. The van der Waals surface area contributed by atoms with Gasteiger partial charge in [-0.25, -0.2) is 4.79 Å². The largest absolute Gasteiger partial charge is 0.429 e. The summed E-state index contributed by atoms with van der Waals surface area (Å²) in [6, 6.07) is 4.76. The Bertz CT molecular complexity index is 631. The smallest absolute Gasteiger partial charge is 0.410 e. The van der Waals surface area contributed by atoms with Gasteiger partial charge in [0.15, 0.2) is 0 Å². The molecular weight excluding hydrogens is 397 g/mol. The van der Waals surface area contributed by atoms with Gasteiger partial charge in [0.25, 0.3) is 0 Å². The lowest BCUT2D eigenvalue weighted by atomic mass is 9.87. The lowest BCUT2D eigenvalue weighted by molar-refractivity contribution is -0.386. The summed E-state index contributed by atoms with van der Waals surface area (Å²) in [6.07, 6.45) is -23.3. The average molecular weight is 411 g/mol. The predicted molar refractivity (Wildman–Crippen MR) is 75.2 cm³/mol. The maximum Gasteiger partial charge on any atom is 0.429 e. The molecule has 0 fully saturated rings. The highest BCUT2D eigenvalue weighted by Crippen LogP contribution is 2.52. The van der Waals surface area contributed by atoms with Gasteiger partial charge in [-0.05, 0) is 23.1 Å². The van der Waals surface area contributed by atoms with Gasteiger partial charge in [-0.15, -0.1) is 0 Å². The number of alkyl halides is 9. The van der Waals surface area contributed by atoms with Crippen LogP contribution in [0, 0.1) is 0 Å². The second-order valence-electron chi connectivity index (χ2n) is 6.53. The zero-order valence-electron chi connectivity index (χ0n) is 14.0. The first-order chi connectivity index (χ1) is 11.8. The molecule has 0 aromatic heterocycles. The lowest BCUT2D eigenvalue weighted by Crippen LogP contribution is -2.75. The molecule has 1 aromatic rings. The molecule has 154 valence electrons. The molecule has 0 aliphatic rings. The minimum Gasteiger partial charge on any atom is -0.410 e. The Hall–Kier alpha value is -2.14. The summed E-state index contributed by atoms with van der Waals surface area (Å²) in [5.41, 5.74) is -6.18.